The van der Waals surface area contributed by atoms with Crippen LogP contribution in [0.5, 0.6) is 0 Å². The van der Waals surface area contributed by atoms with Gasteiger partial charge in [0.15, 0.2) is 23.3 Å². The van der Waals surface area contributed by atoms with E-state index in [0.717, 1.165) is 31.4 Å². The molecule has 0 spiro atoms. The molecule has 5 nitrogen and oxygen atoms in total. The van der Waals surface area contributed by atoms with Crippen LogP contribution in [-0.2, 0) is 0 Å². The lowest BCUT2D eigenvalue weighted by molar-refractivity contribution is 0.449. The first-order valence-electron chi connectivity index (χ1n) is 8.15. The highest BCUT2D eigenvalue weighted by Gasteiger charge is 2.14. The summed E-state index contributed by atoms with van der Waals surface area (Å²) >= 11 is 0. The number of anilines is 3. The molecule has 0 bridgehead atoms. The van der Waals surface area contributed by atoms with Gasteiger partial charge in [-0.15, -0.1) is 5.10 Å². The molecule has 0 unspecified atom stereocenters. The van der Waals surface area contributed by atoms with E-state index in [1.165, 1.54) is 24.6 Å². The molecule has 0 aliphatic heterocycles. The van der Waals surface area contributed by atoms with Crippen molar-refractivity contribution in [1.29, 1.82) is 0 Å². The first-order chi connectivity index (χ1) is 12.1. The van der Waals surface area contributed by atoms with Crippen LogP contribution in [0, 0.1) is 17.5 Å². The second kappa shape index (κ2) is 7.96. The van der Waals surface area contributed by atoms with Gasteiger partial charge >= 0.3 is 0 Å². The third-order valence-electron chi connectivity index (χ3n) is 3.98. The van der Waals surface area contributed by atoms with Crippen molar-refractivity contribution < 1.29 is 13.2 Å². The molecule has 3 rings (SSSR count). The maximum absolute atomic E-state index is 13.7. The Bertz CT molecular complexity index is 779. The van der Waals surface area contributed by atoms with Crippen molar-refractivity contribution in [2.45, 2.75) is 32.1 Å². The molecule has 1 heterocycles. The molecule has 1 aromatic heterocycles. The number of hydrogen-bond acceptors (Lipinski definition) is 5. The minimum absolute atomic E-state index is 0.00760. The number of nitrogens with zero attached hydrogens (tertiary/aromatic N) is 3. The van der Waals surface area contributed by atoms with Gasteiger partial charge in [-0.25, -0.2) is 13.2 Å². The highest BCUT2D eigenvalue weighted by Crippen LogP contribution is 2.22. The summed E-state index contributed by atoms with van der Waals surface area (Å²) in [6.45, 7) is 0.698. The summed E-state index contributed by atoms with van der Waals surface area (Å²) in [4.78, 5) is 4.15. The zero-order chi connectivity index (χ0) is 17.6. The number of aromatic nitrogens is 3. The minimum atomic E-state index is -1.55. The fourth-order valence-corrected chi connectivity index (χ4v) is 2.67. The maximum Gasteiger partial charge on any atom is 0.249 e. The molecule has 1 aromatic carbocycles. The smallest absolute Gasteiger partial charge is 0.249 e. The summed E-state index contributed by atoms with van der Waals surface area (Å²) in [5.41, 5.74) is 1.17. The number of benzene rings is 1. The Kier molecular flexibility index (Phi) is 5.47. The largest absolute Gasteiger partial charge is 0.368 e. The predicted octanol–water partition coefficient (Wildman–Crippen LogP) is 4.33. The van der Waals surface area contributed by atoms with Crippen LogP contribution in [0.15, 0.2) is 30.0 Å². The molecular formula is C17H18F3N5. The Morgan fingerprint density at radius 3 is 2.76 bits per heavy atom. The fourth-order valence-electron chi connectivity index (χ4n) is 2.67. The molecule has 0 fully saturated rings. The summed E-state index contributed by atoms with van der Waals surface area (Å²) in [5.74, 6) is -3.67. The van der Waals surface area contributed by atoms with Gasteiger partial charge in [-0.1, -0.05) is 11.6 Å². The molecule has 132 valence electrons. The summed E-state index contributed by atoms with van der Waals surface area (Å²) < 4.78 is 39.9. The van der Waals surface area contributed by atoms with Crippen molar-refractivity contribution in [2.24, 2.45) is 0 Å². The van der Waals surface area contributed by atoms with Gasteiger partial charge in [0.2, 0.25) is 5.95 Å². The average Bonchev–Trinajstić information content (AvgIpc) is 2.64. The predicted molar refractivity (Wildman–Crippen MR) is 89.1 cm³/mol. The van der Waals surface area contributed by atoms with Gasteiger partial charge in [0, 0.05) is 6.54 Å². The van der Waals surface area contributed by atoms with Gasteiger partial charge in [-0.05, 0) is 44.2 Å². The van der Waals surface area contributed by atoms with Crippen molar-refractivity contribution in [3.05, 3.63) is 47.4 Å². The Morgan fingerprint density at radius 2 is 1.96 bits per heavy atom. The molecule has 8 heteroatoms. The van der Waals surface area contributed by atoms with Crippen LogP contribution in [0.4, 0.5) is 30.6 Å². The highest BCUT2D eigenvalue weighted by molar-refractivity contribution is 5.55. The molecule has 0 amide bonds. The van der Waals surface area contributed by atoms with E-state index in [9.17, 15) is 13.2 Å². The van der Waals surface area contributed by atoms with Crippen LogP contribution in [0.3, 0.4) is 0 Å². The molecule has 1 aliphatic rings. The lowest BCUT2D eigenvalue weighted by Crippen LogP contribution is -2.09. The zero-order valence-electron chi connectivity index (χ0n) is 13.5. The lowest BCUT2D eigenvalue weighted by atomic mass is 9.97. The summed E-state index contributed by atoms with van der Waals surface area (Å²) in [5, 5.41) is 13.1. The Morgan fingerprint density at radius 1 is 1.08 bits per heavy atom. The molecule has 25 heavy (non-hydrogen) atoms. The average molecular weight is 349 g/mol. The normalized spacial score (nSPS) is 14.1. The number of halogens is 3. The Hall–Kier alpha value is -2.64. The number of allylic oxidation sites excluding steroid dienone is 1. The van der Waals surface area contributed by atoms with E-state index < -0.39 is 17.5 Å². The molecule has 0 saturated heterocycles. The van der Waals surface area contributed by atoms with Crippen LogP contribution in [0.25, 0.3) is 0 Å². The van der Waals surface area contributed by atoms with Crippen LogP contribution in [-0.4, -0.2) is 21.7 Å². The molecular weight excluding hydrogens is 331 g/mol. The van der Waals surface area contributed by atoms with Gasteiger partial charge in [0.05, 0.1) is 11.9 Å². The first-order valence-corrected chi connectivity index (χ1v) is 8.15. The number of nitrogens with one attached hydrogen (secondary N) is 2. The SMILES string of the molecule is Fc1ccc(Nc2nncc(NCCC3=CCCCC3)n2)c(F)c1F. The zero-order valence-corrected chi connectivity index (χ0v) is 13.5. The molecule has 0 atom stereocenters. The van der Waals surface area contributed by atoms with Gasteiger partial charge < -0.3 is 10.6 Å². The van der Waals surface area contributed by atoms with E-state index in [2.05, 4.69) is 31.9 Å². The Labute approximate surface area is 143 Å². The number of rotatable bonds is 6. The third kappa shape index (κ3) is 4.46. The minimum Gasteiger partial charge on any atom is -0.368 e. The first kappa shape index (κ1) is 17.2. The van der Waals surface area contributed by atoms with E-state index in [-0.39, 0.29) is 11.6 Å². The van der Waals surface area contributed by atoms with E-state index in [1.54, 1.807) is 0 Å². The standard InChI is InChI=1S/C17H18F3N5/c18-12-6-7-13(16(20)15(12)19)23-17-24-14(10-22-25-17)21-9-8-11-4-2-1-3-5-11/h4,6-7,10H,1-3,5,8-9H2,(H2,21,23,24,25). The topological polar surface area (TPSA) is 62.7 Å². The molecule has 1 aliphatic carbocycles. The van der Waals surface area contributed by atoms with E-state index >= 15 is 0 Å². The van der Waals surface area contributed by atoms with Crippen molar-refractivity contribution in [3.8, 4) is 0 Å². The summed E-state index contributed by atoms with van der Waals surface area (Å²) in [6, 6.07) is 1.90. The second-order valence-corrected chi connectivity index (χ2v) is 5.80. The lowest BCUT2D eigenvalue weighted by Gasteiger charge is -2.13. The summed E-state index contributed by atoms with van der Waals surface area (Å²) in [6.07, 6.45) is 9.40. The third-order valence-corrected chi connectivity index (χ3v) is 3.98. The number of hydrogen-bond donors (Lipinski definition) is 2. The monoisotopic (exact) mass is 349 g/mol. The van der Waals surface area contributed by atoms with Crippen LogP contribution < -0.4 is 10.6 Å². The Balaban J connectivity index is 1.61. The maximum atomic E-state index is 13.7. The van der Waals surface area contributed by atoms with Gasteiger partial charge in [-0.3, -0.25) is 0 Å². The fraction of sp³-hybridized carbons (Fsp3) is 0.353. The summed E-state index contributed by atoms with van der Waals surface area (Å²) in [7, 11) is 0. The van der Waals surface area contributed by atoms with Crippen molar-refractivity contribution >= 4 is 17.5 Å². The van der Waals surface area contributed by atoms with Gasteiger partial charge in [-0.2, -0.15) is 10.1 Å². The van der Waals surface area contributed by atoms with Crippen LogP contribution in [0.2, 0.25) is 0 Å². The van der Waals surface area contributed by atoms with Crippen LogP contribution >= 0.6 is 0 Å². The molecule has 2 N–H and O–H groups in total. The molecule has 0 saturated carbocycles. The van der Waals surface area contributed by atoms with E-state index in [0.29, 0.717) is 12.4 Å². The molecule has 2 aromatic rings. The van der Waals surface area contributed by atoms with Crippen molar-refractivity contribution in [1.82, 2.24) is 15.2 Å². The van der Waals surface area contributed by atoms with Gasteiger partial charge in [0.1, 0.15) is 0 Å². The van der Waals surface area contributed by atoms with Crippen molar-refractivity contribution in [3.63, 3.8) is 0 Å². The molecule has 0 radical (unpaired) electrons. The van der Waals surface area contributed by atoms with E-state index in [1.807, 2.05) is 0 Å². The second-order valence-electron chi connectivity index (χ2n) is 5.80. The highest BCUT2D eigenvalue weighted by atomic mass is 19.2. The van der Waals surface area contributed by atoms with Gasteiger partial charge in [0.25, 0.3) is 0 Å². The van der Waals surface area contributed by atoms with E-state index in [4.69, 9.17) is 0 Å². The van der Waals surface area contributed by atoms with Crippen LogP contribution in [0.1, 0.15) is 32.1 Å². The van der Waals surface area contributed by atoms with Crippen molar-refractivity contribution in [2.75, 3.05) is 17.2 Å². The quantitative estimate of drug-likeness (QED) is 0.600.